The van der Waals surface area contributed by atoms with E-state index in [1.54, 1.807) is 18.4 Å². The van der Waals surface area contributed by atoms with Crippen LogP contribution in [0.25, 0.3) is 0 Å². The normalized spacial score (nSPS) is 19.7. The Balaban J connectivity index is 2.07. The number of amides is 1. The van der Waals surface area contributed by atoms with Gasteiger partial charge in [0.05, 0.1) is 13.2 Å². The summed E-state index contributed by atoms with van der Waals surface area (Å²) in [4.78, 5) is 14.4. The summed E-state index contributed by atoms with van der Waals surface area (Å²) in [6.45, 7) is 0.910. The number of methoxy groups -OCH3 is 2. The van der Waals surface area contributed by atoms with Crippen LogP contribution < -0.4 is 0 Å². The first-order chi connectivity index (χ1) is 13.1. The fraction of sp³-hybridized carbons (Fsp3) is 0.632. The minimum atomic E-state index is -0.499. The molecule has 0 saturated carbocycles. The van der Waals surface area contributed by atoms with Crippen molar-refractivity contribution in [3.8, 4) is 0 Å². The molecule has 2 atom stereocenters. The van der Waals surface area contributed by atoms with Gasteiger partial charge in [0.25, 0.3) is 5.91 Å². The van der Waals surface area contributed by atoms with Crippen LogP contribution in [0.4, 0.5) is 0 Å². The number of aliphatic hydroxyl groups excluding tert-OH is 1. The van der Waals surface area contributed by atoms with Gasteiger partial charge in [-0.05, 0) is 41.3 Å². The third-order valence-corrected chi connectivity index (χ3v) is 5.09. The zero-order valence-corrected chi connectivity index (χ0v) is 16.9. The highest BCUT2D eigenvalue weighted by Gasteiger charge is 2.30. The van der Waals surface area contributed by atoms with E-state index in [0.717, 1.165) is 12.0 Å². The maximum atomic E-state index is 12.8. The fourth-order valence-corrected chi connectivity index (χ4v) is 3.52. The topological polar surface area (TPSA) is 77.5 Å². The van der Waals surface area contributed by atoms with Gasteiger partial charge in [0.15, 0.2) is 12.0 Å². The van der Waals surface area contributed by atoms with Crippen LogP contribution in [0.3, 0.4) is 0 Å². The maximum Gasteiger partial charge on any atom is 0.288 e. The second-order valence-corrected chi connectivity index (χ2v) is 7.15. The minimum Gasteiger partial charge on any atom is -0.459 e. The van der Waals surface area contributed by atoms with Crippen molar-refractivity contribution in [2.75, 3.05) is 41.0 Å². The molecule has 0 aliphatic carbocycles. The van der Waals surface area contributed by atoms with Crippen molar-refractivity contribution in [3.63, 3.8) is 0 Å². The molecule has 1 aromatic heterocycles. The number of ether oxygens (including phenoxy) is 4. The Labute approximate surface area is 164 Å². The van der Waals surface area contributed by atoms with E-state index >= 15 is 0 Å². The number of carbonyl (C=O) groups excluding carboxylic acids is 1. The number of likely N-dealkylation sites (N-methyl/N-ethyl adjacent to an activating group) is 1. The van der Waals surface area contributed by atoms with E-state index in [-0.39, 0.29) is 30.7 Å². The molecule has 7 nitrogen and oxygen atoms in total. The summed E-state index contributed by atoms with van der Waals surface area (Å²) in [6, 6.07) is 2.05. The molecule has 0 spiro atoms. The molecule has 8 heteroatoms. The highest BCUT2D eigenvalue weighted by molar-refractivity contribution is 7.08. The van der Waals surface area contributed by atoms with Crippen LogP contribution >= 0.6 is 11.3 Å². The molecule has 1 N–H and O–H groups in total. The molecule has 0 fully saturated rings. The Morgan fingerprint density at radius 2 is 2.19 bits per heavy atom. The molecule has 2 rings (SSSR count). The van der Waals surface area contributed by atoms with Crippen molar-refractivity contribution in [2.24, 2.45) is 0 Å². The van der Waals surface area contributed by atoms with Crippen molar-refractivity contribution in [1.82, 2.24) is 4.90 Å². The number of thiophene rings is 1. The predicted molar refractivity (Wildman–Crippen MR) is 102 cm³/mol. The predicted octanol–water partition coefficient (Wildman–Crippen LogP) is 2.33. The maximum absolute atomic E-state index is 12.8. The molecule has 152 valence electrons. The number of aliphatic hydroxyl groups is 1. The number of nitrogens with zero attached hydrogens (tertiary/aromatic N) is 1. The Hall–Kier alpha value is -1.45. The summed E-state index contributed by atoms with van der Waals surface area (Å²) in [5.41, 5.74) is 1.15. The van der Waals surface area contributed by atoms with Crippen molar-refractivity contribution >= 4 is 17.2 Å². The summed E-state index contributed by atoms with van der Waals surface area (Å²) in [6.07, 6.45) is 2.95. The van der Waals surface area contributed by atoms with Gasteiger partial charge in [-0.2, -0.15) is 11.3 Å². The van der Waals surface area contributed by atoms with Gasteiger partial charge in [-0.15, -0.1) is 0 Å². The van der Waals surface area contributed by atoms with Crippen LogP contribution in [-0.2, 0) is 23.7 Å². The molecule has 1 aromatic rings. The van der Waals surface area contributed by atoms with E-state index in [0.29, 0.717) is 19.4 Å². The lowest BCUT2D eigenvalue weighted by Gasteiger charge is -2.31. The van der Waals surface area contributed by atoms with Gasteiger partial charge in [0, 0.05) is 40.2 Å². The molecule has 1 amide bonds. The minimum absolute atomic E-state index is 0.0563. The first kappa shape index (κ1) is 21.8. The van der Waals surface area contributed by atoms with Crippen LogP contribution in [0.2, 0.25) is 0 Å². The largest absolute Gasteiger partial charge is 0.459 e. The highest BCUT2D eigenvalue weighted by atomic mass is 32.1. The van der Waals surface area contributed by atoms with E-state index in [4.69, 9.17) is 24.1 Å². The zero-order chi connectivity index (χ0) is 19.6. The fourth-order valence-electron chi connectivity index (χ4n) is 2.80. The van der Waals surface area contributed by atoms with Crippen LogP contribution in [0.5, 0.6) is 0 Å². The number of allylic oxidation sites excluding steroid dienone is 1. The summed E-state index contributed by atoms with van der Waals surface area (Å²) in [5.74, 6) is 0.0943. The number of hydrogen-bond acceptors (Lipinski definition) is 7. The molecular formula is C19H29NO6S. The molecule has 27 heavy (non-hydrogen) atoms. The van der Waals surface area contributed by atoms with Gasteiger partial charge in [-0.3, -0.25) is 4.79 Å². The smallest absolute Gasteiger partial charge is 0.288 e. The SMILES string of the molecule is COC(CN(C)C(=O)C1=CC(c2ccsc2)CC(OCCCCO)O1)OC. The summed E-state index contributed by atoms with van der Waals surface area (Å²) in [7, 11) is 4.75. The molecule has 2 unspecified atom stereocenters. The van der Waals surface area contributed by atoms with Gasteiger partial charge >= 0.3 is 0 Å². The van der Waals surface area contributed by atoms with Gasteiger partial charge in [0.1, 0.15) is 0 Å². The van der Waals surface area contributed by atoms with Gasteiger partial charge in [0.2, 0.25) is 6.29 Å². The number of carbonyl (C=O) groups is 1. The second kappa shape index (κ2) is 11.4. The lowest BCUT2D eigenvalue weighted by atomic mass is 9.95. The lowest BCUT2D eigenvalue weighted by molar-refractivity contribution is -0.158. The zero-order valence-electron chi connectivity index (χ0n) is 16.1. The second-order valence-electron chi connectivity index (χ2n) is 6.37. The molecule has 1 aliphatic heterocycles. The average Bonchev–Trinajstić information content (AvgIpc) is 3.23. The molecule has 0 aromatic carbocycles. The highest BCUT2D eigenvalue weighted by Crippen LogP contribution is 2.33. The van der Waals surface area contributed by atoms with Crippen molar-refractivity contribution in [2.45, 2.75) is 37.8 Å². The summed E-state index contributed by atoms with van der Waals surface area (Å²) >= 11 is 1.62. The quantitative estimate of drug-likeness (QED) is 0.455. The van der Waals surface area contributed by atoms with Crippen LogP contribution in [-0.4, -0.2) is 69.5 Å². The standard InChI is InChI=1S/C19H29NO6S/c1-20(12-18(23-2)24-3)19(22)16-10-15(14-6-9-27-13-14)11-17(26-16)25-8-5-4-7-21/h6,9-10,13,15,17-18,21H,4-5,7-8,11-12H2,1-3H3. The first-order valence-corrected chi connectivity index (χ1v) is 9.97. The van der Waals surface area contributed by atoms with Crippen LogP contribution in [0.15, 0.2) is 28.7 Å². The van der Waals surface area contributed by atoms with E-state index in [2.05, 4.69) is 11.4 Å². The van der Waals surface area contributed by atoms with E-state index in [9.17, 15) is 4.79 Å². The number of rotatable bonds is 11. The Morgan fingerprint density at radius 1 is 1.41 bits per heavy atom. The lowest BCUT2D eigenvalue weighted by Crippen LogP contribution is -2.39. The van der Waals surface area contributed by atoms with E-state index in [1.165, 1.54) is 19.1 Å². The van der Waals surface area contributed by atoms with Crippen molar-refractivity contribution in [1.29, 1.82) is 0 Å². The third-order valence-electron chi connectivity index (χ3n) is 4.39. The molecule has 2 heterocycles. The Bertz CT molecular complexity index is 587. The molecule has 1 aliphatic rings. The van der Waals surface area contributed by atoms with E-state index < -0.39 is 12.6 Å². The molecular weight excluding hydrogens is 370 g/mol. The monoisotopic (exact) mass is 399 g/mol. The van der Waals surface area contributed by atoms with Gasteiger partial charge in [-0.1, -0.05) is 0 Å². The number of unbranched alkanes of at least 4 members (excludes halogenated alkanes) is 1. The summed E-state index contributed by atoms with van der Waals surface area (Å²) in [5, 5.41) is 13.0. The van der Waals surface area contributed by atoms with Crippen LogP contribution in [0, 0.1) is 0 Å². The third kappa shape index (κ3) is 6.58. The van der Waals surface area contributed by atoms with Crippen LogP contribution in [0.1, 0.15) is 30.7 Å². The van der Waals surface area contributed by atoms with Gasteiger partial charge < -0.3 is 29.0 Å². The molecule has 0 saturated heterocycles. The van der Waals surface area contributed by atoms with Crippen molar-refractivity contribution in [3.05, 3.63) is 34.2 Å². The number of hydrogen-bond donors (Lipinski definition) is 1. The Kier molecular flexibility index (Phi) is 9.23. The van der Waals surface area contributed by atoms with E-state index in [1.807, 2.05) is 11.5 Å². The molecule has 0 radical (unpaired) electrons. The van der Waals surface area contributed by atoms with Crippen molar-refractivity contribution < 1.29 is 28.8 Å². The Morgan fingerprint density at radius 3 is 2.81 bits per heavy atom. The molecule has 0 bridgehead atoms. The first-order valence-electron chi connectivity index (χ1n) is 9.03. The summed E-state index contributed by atoms with van der Waals surface area (Å²) < 4.78 is 22.0. The average molecular weight is 400 g/mol. The van der Waals surface area contributed by atoms with Gasteiger partial charge in [-0.25, -0.2) is 0 Å².